The van der Waals surface area contributed by atoms with Crippen molar-refractivity contribution >= 4 is 5.91 Å². The van der Waals surface area contributed by atoms with Gasteiger partial charge in [0.1, 0.15) is 5.75 Å². The van der Waals surface area contributed by atoms with Gasteiger partial charge in [-0.2, -0.15) is 0 Å². The highest BCUT2D eigenvalue weighted by molar-refractivity contribution is 5.77. The number of hydrogen-bond acceptors (Lipinski definition) is 3. The average Bonchev–Trinajstić information content (AvgIpc) is 3.06. The molecule has 128 valence electrons. The molecule has 2 atom stereocenters. The van der Waals surface area contributed by atoms with Crippen LogP contribution in [0.4, 0.5) is 0 Å². The van der Waals surface area contributed by atoms with Crippen molar-refractivity contribution in [3.63, 3.8) is 0 Å². The molecule has 0 spiro atoms. The number of rotatable bonds is 8. The van der Waals surface area contributed by atoms with Gasteiger partial charge in [0.15, 0.2) is 0 Å². The lowest BCUT2D eigenvalue weighted by molar-refractivity contribution is -0.134. The molecule has 1 aromatic carbocycles. The van der Waals surface area contributed by atoms with Crippen LogP contribution in [0.25, 0.3) is 0 Å². The van der Waals surface area contributed by atoms with Crippen LogP contribution in [0.5, 0.6) is 5.75 Å². The summed E-state index contributed by atoms with van der Waals surface area (Å²) in [6.45, 7) is 7.12. The number of ether oxygens (including phenoxy) is 1. The fourth-order valence-electron chi connectivity index (χ4n) is 3.39. The Hall–Kier alpha value is -1.55. The van der Waals surface area contributed by atoms with Gasteiger partial charge in [-0.15, -0.1) is 0 Å². The summed E-state index contributed by atoms with van der Waals surface area (Å²) in [5.74, 6) is 1.52. The third-order valence-electron chi connectivity index (χ3n) is 4.54. The lowest BCUT2D eigenvalue weighted by atomic mass is 9.96. The van der Waals surface area contributed by atoms with E-state index in [1.165, 1.54) is 5.56 Å². The summed E-state index contributed by atoms with van der Waals surface area (Å²) in [5.41, 5.74) is 1.18. The first-order valence-corrected chi connectivity index (χ1v) is 8.77. The van der Waals surface area contributed by atoms with Gasteiger partial charge in [0.25, 0.3) is 0 Å². The van der Waals surface area contributed by atoms with E-state index in [2.05, 4.69) is 30.1 Å². The van der Waals surface area contributed by atoms with Gasteiger partial charge in [-0.05, 0) is 43.4 Å². The van der Waals surface area contributed by atoms with Crippen LogP contribution in [0.1, 0.15) is 38.7 Å². The number of amides is 1. The van der Waals surface area contributed by atoms with Crippen molar-refractivity contribution in [1.29, 1.82) is 0 Å². The maximum absolute atomic E-state index is 12.7. The number of carbonyl (C=O) groups excluding carboxylic acids is 1. The zero-order valence-electron chi connectivity index (χ0n) is 14.7. The van der Waals surface area contributed by atoms with Crippen molar-refractivity contribution in [2.75, 3.05) is 26.7 Å². The zero-order valence-corrected chi connectivity index (χ0v) is 14.7. The van der Waals surface area contributed by atoms with E-state index in [4.69, 9.17) is 4.74 Å². The Labute approximate surface area is 140 Å². The molecule has 4 heteroatoms. The Kier molecular flexibility index (Phi) is 6.90. The van der Waals surface area contributed by atoms with E-state index >= 15 is 0 Å². The molecular weight excluding hydrogens is 288 g/mol. The van der Waals surface area contributed by atoms with Crippen molar-refractivity contribution < 1.29 is 9.53 Å². The smallest absolute Gasteiger partial charge is 0.223 e. The predicted molar refractivity (Wildman–Crippen MR) is 93.8 cm³/mol. The Morgan fingerprint density at radius 1 is 1.43 bits per heavy atom. The number of para-hydroxylation sites is 1. The first-order valence-electron chi connectivity index (χ1n) is 8.77. The Balaban J connectivity index is 1.94. The molecule has 2 rings (SSSR count). The van der Waals surface area contributed by atoms with Gasteiger partial charge in [0.2, 0.25) is 5.91 Å². The SMILES string of the molecule is CCCN(C(=O)CC(C)Cc1ccccc1OC)C1CCNC1. The Morgan fingerprint density at radius 2 is 2.22 bits per heavy atom. The van der Waals surface area contributed by atoms with Crippen LogP contribution < -0.4 is 10.1 Å². The summed E-state index contributed by atoms with van der Waals surface area (Å²) in [7, 11) is 1.70. The van der Waals surface area contributed by atoms with Crippen molar-refractivity contribution in [1.82, 2.24) is 10.2 Å². The van der Waals surface area contributed by atoms with Crippen LogP contribution >= 0.6 is 0 Å². The largest absolute Gasteiger partial charge is 0.496 e. The first-order chi connectivity index (χ1) is 11.2. The number of nitrogens with one attached hydrogen (secondary N) is 1. The second-order valence-electron chi connectivity index (χ2n) is 6.56. The van der Waals surface area contributed by atoms with Crippen molar-refractivity contribution in [2.45, 2.75) is 45.6 Å². The number of carbonyl (C=O) groups is 1. The number of hydrogen-bond donors (Lipinski definition) is 1. The molecule has 1 aliphatic rings. The monoisotopic (exact) mass is 318 g/mol. The summed E-state index contributed by atoms with van der Waals surface area (Å²) in [6, 6.07) is 8.46. The van der Waals surface area contributed by atoms with Gasteiger partial charge in [-0.25, -0.2) is 0 Å². The molecular formula is C19H30N2O2. The lowest BCUT2D eigenvalue weighted by Crippen LogP contribution is -2.42. The van der Waals surface area contributed by atoms with Gasteiger partial charge < -0.3 is 15.0 Å². The highest BCUT2D eigenvalue weighted by Crippen LogP contribution is 2.23. The Morgan fingerprint density at radius 3 is 2.87 bits per heavy atom. The number of nitrogens with zero attached hydrogens (tertiary/aromatic N) is 1. The molecule has 0 aromatic heterocycles. The second-order valence-corrected chi connectivity index (χ2v) is 6.56. The van der Waals surface area contributed by atoms with Gasteiger partial charge in [0.05, 0.1) is 7.11 Å². The van der Waals surface area contributed by atoms with E-state index in [9.17, 15) is 4.79 Å². The quantitative estimate of drug-likeness (QED) is 0.801. The van der Waals surface area contributed by atoms with Crippen LogP contribution in [0.15, 0.2) is 24.3 Å². The first kappa shape index (κ1) is 17.8. The Bertz CT molecular complexity index is 498. The second kappa shape index (κ2) is 8.92. The molecule has 1 N–H and O–H groups in total. The molecule has 23 heavy (non-hydrogen) atoms. The topological polar surface area (TPSA) is 41.6 Å². The molecule has 1 aliphatic heterocycles. The van der Waals surface area contributed by atoms with E-state index in [0.29, 0.717) is 24.3 Å². The molecule has 2 unspecified atom stereocenters. The summed E-state index contributed by atoms with van der Waals surface area (Å²) >= 11 is 0. The van der Waals surface area contributed by atoms with Crippen LogP contribution in [0.2, 0.25) is 0 Å². The molecule has 0 saturated carbocycles. The summed E-state index contributed by atoms with van der Waals surface area (Å²) < 4.78 is 5.41. The van der Waals surface area contributed by atoms with E-state index in [1.807, 2.05) is 18.2 Å². The normalized spacial score (nSPS) is 18.7. The molecule has 4 nitrogen and oxygen atoms in total. The maximum Gasteiger partial charge on any atom is 0.223 e. The van der Waals surface area contributed by atoms with Crippen molar-refractivity contribution in [3.8, 4) is 5.75 Å². The average molecular weight is 318 g/mol. The van der Waals surface area contributed by atoms with Crippen LogP contribution in [-0.2, 0) is 11.2 Å². The van der Waals surface area contributed by atoms with E-state index in [1.54, 1.807) is 7.11 Å². The highest BCUT2D eigenvalue weighted by atomic mass is 16.5. The molecule has 0 aliphatic carbocycles. The van der Waals surface area contributed by atoms with E-state index < -0.39 is 0 Å². The molecule has 1 aromatic rings. The zero-order chi connectivity index (χ0) is 16.7. The molecule has 0 radical (unpaired) electrons. The predicted octanol–water partition coefficient (Wildman–Crippen LogP) is 2.86. The molecule has 0 bridgehead atoms. The summed E-state index contributed by atoms with van der Waals surface area (Å²) in [5, 5.41) is 3.36. The van der Waals surface area contributed by atoms with Gasteiger partial charge in [-0.1, -0.05) is 32.0 Å². The lowest BCUT2D eigenvalue weighted by Gasteiger charge is -2.29. The van der Waals surface area contributed by atoms with E-state index in [0.717, 1.165) is 44.6 Å². The molecule has 1 saturated heterocycles. The van der Waals surface area contributed by atoms with Crippen LogP contribution in [-0.4, -0.2) is 43.6 Å². The fourth-order valence-corrected chi connectivity index (χ4v) is 3.39. The fraction of sp³-hybridized carbons (Fsp3) is 0.632. The van der Waals surface area contributed by atoms with Crippen LogP contribution in [0.3, 0.4) is 0 Å². The van der Waals surface area contributed by atoms with Gasteiger partial charge in [0, 0.05) is 25.6 Å². The molecule has 1 fully saturated rings. The minimum absolute atomic E-state index is 0.294. The van der Waals surface area contributed by atoms with Crippen molar-refractivity contribution in [2.24, 2.45) is 5.92 Å². The molecule has 1 amide bonds. The number of methoxy groups -OCH3 is 1. The van der Waals surface area contributed by atoms with Gasteiger partial charge >= 0.3 is 0 Å². The number of benzene rings is 1. The minimum atomic E-state index is 0.294. The molecule has 1 heterocycles. The summed E-state index contributed by atoms with van der Waals surface area (Å²) in [4.78, 5) is 14.8. The summed E-state index contributed by atoms with van der Waals surface area (Å²) in [6.07, 6.45) is 3.57. The van der Waals surface area contributed by atoms with Gasteiger partial charge in [-0.3, -0.25) is 4.79 Å². The minimum Gasteiger partial charge on any atom is -0.496 e. The van der Waals surface area contributed by atoms with Crippen molar-refractivity contribution in [3.05, 3.63) is 29.8 Å². The third-order valence-corrected chi connectivity index (χ3v) is 4.54. The third kappa shape index (κ3) is 4.96. The van der Waals surface area contributed by atoms with E-state index in [-0.39, 0.29) is 0 Å². The maximum atomic E-state index is 12.7. The highest BCUT2D eigenvalue weighted by Gasteiger charge is 2.26. The standard InChI is InChI=1S/C19H30N2O2/c1-4-11-21(17-9-10-20-14-17)19(22)13-15(2)12-16-7-5-6-8-18(16)23-3/h5-8,15,17,20H,4,9-14H2,1-3H3. The van der Waals surface area contributed by atoms with Crippen LogP contribution in [0, 0.1) is 5.92 Å².